The second-order valence-corrected chi connectivity index (χ2v) is 6.54. The third kappa shape index (κ3) is 4.06. The first-order chi connectivity index (χ1) is 10.0. The minimum Gasteiger partial charge on any atom is -0.388 e. The summed E-state index contributed by atoms with van der Waals surface area (Å²) in [5, 5.41) is 2.96. The molecule has 0 heterocycles. The Kier molecular flexibility index (Phi) is 4.98. The van der Waals surface area contributed by atoms with Crippen molar-refractivity contribution in [1.29, 1.82) is 0 Å². The van der Waals surface area contributed by atoms with E-state index >= 15 is 0 Å². The quantitative estimate of drug-likeness (QED) is 0.863. The van der Waals surface area contributed by atoms with Gasteiger partial charge in [-0.05, 0) is 41.8 Å². The molecule has 112 valence electrons. The van der Waals surface area contributed by atoms with Crippen LogP contribution in [-0.2, 0) is 23.0 Å². The standard InChI is InChI=1S/C16H20N2O2S/c1-3-13-4-6-14(7-5-13)12-18-21(19,20)16-10-8-15(17-2)9-11-16/h4-11,17-18H,3,12H2,1-2H3. The van der Waals surface area contributed by atoms with Crippen LogP contribution >= 0.6 is 0 Å². The van der Waals surface area contributed by atoms with Crippen molar-refractivity contribution >= 4 is 15.7 Å². The topological polar surface area (TPSA) is 58.2 Å². The highest BCUT2D eigenvalue weighted by molar-refractivity contribution is 7.89. The summed E-state index contributed by atoms with van der Waals surface area (Å²) in [6.45, 7) is 2.38. The molecule has 0 unspecified atom stereocenters. The van der Waals surface area contributed by atoms with Crippen molar-refractivity contribution < 1.29 is 8.42 Å². The molecule has 0 fully saturated rings. The molecule has 0 aliphatic heterocycles. The smallest absolute Gasteiger partial charge is 0.240 e. The highest BCUT2D eigenvalue weighted by Gasteiger charge is 2.13. The van der Waals surface area contributed by atoms with Crippen molar-refractivity contribution in [3.05, 3.63) is 59.7 Å². The zero-order chi connectivity index (χ0) is 15.3. The Morgan fingerprint density at radius 2 is 1.48 bits per heavy atom. The van der Waals surface area contributed by atoms with E-state index in [9.17, 15) is 8.42 Å². The molecule has 0 radical (unpaired) electrons. The van der Waals surface area contributed by atoms with E-state index in [0.717, 1.165) is 17.7 Å². The van der Waals surface area contributed by atoms with Gasteiger partial charge in [0, 0.05) is 19.3 Å². The van der Waals surface area contributed by atoms with E-state index in [0.29, 0.717) is 6.54 Å². The van der Waals surface area contributed by atoms with Gasteiger partial charge in [-0.3, -0.25) is 0 Å². The van der Waals surface area contributed by atoms with Crippen LogP contribution in [0.25, 0.3) is 0 Å². The number of rotatable bonds is 6. The van der Waals surface area contributed by atoms with Gasteiger partial charge in [0.15, 0.2) is 0 Å². The Morgan fingerprint density at radius 1 is 0.905 bits per heavy atom. The van der Waals surface area contributed by atoms with Gasteiger partial charge < -0.3 is 5.32 Å². The lowest BCUT2D eigenvalue weighted by atomic mass is 10.1. The van der Waals surface area contributed by atoms with Crippen molar-refractivity contribution in [3.8, 4) is 0 Å². The highest BCUT2D eigenvalue weighted by atomic mass is 32.2. The largest absolute Gasteiger partial charge is 0.388 e. The summed E-state index contributed by atoms with van der Waals surface area (Å²) >= 11 is 0. The van der Waals surface area contributed by atoms with Gasteiger partial charge >= 0.3 is 0 Å². The van der Waals surface area contributed by atoms with Crippen LogP contribution in [0.15, 0.2) is 53.4 Å². The summed E-state index contributed by atoms with van der Waals surface area (Å²) in [5.74, 6) is 0. The Morgan fingerprint density at radius 3 is 2.00 bits per heavy atom. The molecule has 0 aliphatic rings. The Hall–Kier alpha value is -1.85. The van der Waals surface area contributed by atoms with Gasteiger partial charge in [-0.15, -0.1) is 0 Å². The minimum atomic E-state index is -3.48. The molecule has 4 nitrogen and oxygen atoms in total. The fourth-order valence-corrected chi connectivity index (χ4v) is 2.97. The van der Waals surface area contributed by atoms with E-state index in [1.165, 1.54) is 5.56 Å². The molecular weight excluding hydrogens is 284 g/mol. The predicted molar refractivity (Wildman–Crippen MR) is 85.8 cm³/mol. The number of sulfonamides is 1. The lowest BCUT2D eigenvalue weighted by Crippen LogP contribution is -2.23. The maximum absolute atomic E-state index is 12.2. The van der Waals surface area contributed by atoms with Crippen LogP contribution in [0.5, 0.6) is 0 Å². The molecule has 0 aliphatic carbocycles. The molecule has 0 aromatic heterocycles. The molecule has 0 saturated heterocycles. The minimum absolute atomic E-state index is 0.270. The third-order valence-electron chi connectivity index (χ3n) is 3.35. The molecule has 0 atom stereocenters. The molecule has 2 aromatic carbocycles. The maximum atomic E-state index is 12.2. The van der Waals surface area contributed by atoms with Gasteiger partial charge in [0.1, 0.15) is 0 Å². The molecule has 0 saturated carbocycles. The van der Waals surface area contributed by atoms with E-state index in [1.807, 2.05) is 24.3 Å². The molecule has 0 spiro atoms. The number of benzene rings is 2. The molecule has 0 bridgehead atoms. The van der Waals surface area contributed by atoms with Gasteiger partial charge in [0.25, 0.3) is 0 Å². The van der Waals surface area contributed by atoms with E-state index in [-0.39, 0.29) is 4.90 Å². The summed E-state index contributed by atoms with van der Waals surface area (Å²) in [7, 11) is -1.68. The first-order valence-electron chi connectivity index (χ1n) is 6.90. The van der Waals surface area contributed by atoms with Crippen molar-refractivity contribution in [2.45, 2.75) is 24.8 Å². The SMILES string of the molecule is CCc1ccc(CNS(=O)(=O)c2ccc(NC)cc2)cc1. The molecular formula is C16H20N2O2S. The van der Waals surface area contributed by atoms with Gasteiger partial charge in [0.05, 0.1) is 4.90 Å². The zero-order valence-electron chi connectivity index (χ0n) is 12.3. The van der Waals surface area contributed by atoms with Crippen LogP contribution in [-0.4, -0.2) is 15.5 Å². The van der Waals surface area contributed by atoms with Gasteiger partial charge in [0.2, 0.25) is 10.0 Å². The van der Waals surface area contributed by atoms with E-state index in [1.54, 1.807) is 31.3 Å². The summed E-state index contributed by atoms with van der Waals surface area (Å²) in [6.07, 6.45) is 0.976. The summed E-state index contributed by atoms with van der Waals surface area (Å²) < 4.78 is 27.0. The third-order valence-corrected chi connectivity index (χ3v) is 4.77. The van der Waals surface area contributed by atoms with Crippen molar-refractivity contribution in [3.63, 3.8) is 0 Å². The van der Waals surface area contributed by atoms with Crippen LogP contribution in [0, 0.1) is 0 Å². The number of anilines is 1. The van der Waals surface area contributed by atoms with Gasteiger partial charge in [-0.1, -0.05) is 31.2 Å². The van der Waals surface area contributed by atoms with Gasteiger partial charge in [-0.25, -0.2) is 13.1 Å². The van der Waals surface area contributed by atoms with Crippen LogP contribution in [0.1, 0.15) is 18.1 Å². The molecule has 0 amide bonds. The van der Waals surface area contributed by atoms with E-state index in [2.05, 4.69) is 17.0 Å². The molecule has 2 aromatic rings. The molecule has 2 N–H and O–H groups in total. The lowest BCUT2D eigenvalue weighted by Gasteiger charge is -2.08. The highest BCUT2D eigenvalue weighted by Crippen LogP contribution is 2.14. The number of aryl methyl sites for hydroxylation is 1. The Labute approximate surface area is 126 Å². The summed E-state index contributed by atoms with van der Waals surface area (Å²) in [4.78, 5) is 0.270. The fourth-order valence-electron chi connectivity index (χ4n) is 1.96. The van der Waals surface area contributed by atoms with Crippen molar-refractivity contribution in [2.75, 3.05) is 12.4 Å². The second kappa shape index (κ2) is 6.74. The maximum Gasteiger partial charge on any atom is 0.240 e. The van der Waals surface area contributed by atoms with Crippen LogP contribution in [0.4, 0.5) is 5.69 Å². The average Bonchev–Trinajstić information content (AvgIpc) is 2.53. The number of hydrogen-bond donors (Lipinski definition) is 2. The van der Waals surface area contributed by atoms with Crippen molar-refractivity contribution in [2.24, 2.45) is 0 Å². The fraction of sp³-hybridized carbons (Fsp3) is 0.250. The number of hydrogen-bond acceptors (Lipinski definition) is 3. The molecule has 2 rings (SSSR count). The normalized spacial score (nSPS) is 11.3. The Bertz CT molecular complexity index is 677. The summed E-state index contributed by atoms with van der Waals surface area (Å²) in [6, 6.07) is 14.6. The van der Waals surface area contributed by atoms with E-state index in [4.69, 9.17) is 0 Å². The lowest BCUT2D eigenvalue weighted by molar-refractivity contribution is 0.581. The monoisotopic (exact) mass is 304 g/mol. The first-order valence-corrected chi connectivity index (χ1v) is 8.39. The molecule has 21 heavy (non-hydrogen) atoms. The number of nitrogens with one attached hydrogen (secondary N) is 2. The van der Waals surface area contributed by atoms with E-state index < -0.39 is 10.0 Å². The molecule has 5 heteroatoms. The summed E-state index contributed by atoms with van der Waals surface area (Å²) in [5.41, 5.74) is 3.07. The Balaban J connectivity index is 2.05. The van der Waals surface area contributed by atoms with Crippen LogP contribution in [0.3, 0.4) is 0 Å². The first kappa shape index (κ1) is 15.5. The average molecular weight is 304 g/mol. The van der Waals surface area contributed by atoms with Crippen LogP contribution in [0.2, 0.25) is 0 Å². The zero-order valence-corrected chi connectivity index (χ0v) is 13.1. The predicted octanol–water partition coefficient (Wildman–Crippen LogP) is 2.77. The second-order valence-electron chi connectivity index (χ2n) is 4.77. The van der Waals surface area contributed by atoms with Crippen molar-refractivity contribution in [1.82, 2.24) is 4.72 Å². The van der Waals surface area contributed by atoms with Gasteiger partial charge in [-0.2, -0.15) is 0 Å². The van der Waals surface area contributed by atoms with Crippen LogP contribution < -0.4 is 10.0 Å².